The molecule has 0 saturated heterocycles. The van der Waals surface area contributed by atoms with Gasteiger partial charge in [-0.15, -0.1) is 0 Å². The number of hydrogen-bond acceptors (Lipinski definition) is 3. The Morgan fingerprint density at radius 2 is 2.11 bits per heavy atom. The van der Waals surface area contributed by atoms with Gasteiger partial charge in [-0.05, 0) is 39.3 Å². The Labute approximate surface area is 110 Å². The average molecular weight is 248 g/mol. The number of hydrogen-bond donors (Lipinski definition) is 1. The minimum atomic E-state index is 0.222. The smallest absolute Gasteiger partial charge is 0.124 e. The summed E-state index contributed by atoms with van der Waals surface area (Å²) in [6.07, 6.45) is 1.01. The van der Waals surface area contributed by atoms with Gasteiger partial charge in [0.15, 0.2) is 0 Å². The lowest BCUT2D eigenvalue weighted by atomic mass is 9.94. The van der Waals surface area contributed by atoms with Gasteiger partial charge in [0.25, 0.3) is 0 Å². The number of anilines is 1. The molecule has 100 valence electrons. The fraction of sp³-hybridized carbons (Fsp3) is 0.600. The Kier molecular flexibility index (Phi) is 3.81. The fourth-order valence-electron chi connectivity index (χ4n) is 2.93. The molecule has 2 atom stereocenters. The van der Waals surface area contributed by atoms with E-state index in [0.29, 0.717) is 12.0 Å². The maximum atomic E-state index is 5.98. The summed E-state index contributed by atoms with van der Waals surface area (Å²) >= 11 is 0. The number of ether oxygens (including phenoxy) is 1. The van der Waals surface area contributed by atoms with Gasteiger partial charge in [0, 0.05) is 35.8 Å². The minimum absolute atomic E-state index is 0.222. The van der Waals surface area contributed by atoms with Gasteiger partial charge >= 0.3 is 0 Å². The maximum Gasteiger partial charge on any atom is 0.124 e. The van der Waals surface area contributed by atoms with E-state index < -0.39 is 0 Å². The molecule has 1 aromatic rings. The zero-order valence-electron chi connectivity index (χ0n) is 11.8. The molecule has 2 rings (SSSR count). The Balaban J connectivity index is 2.41. The summed E-state index contributed by atoms with van der Waals surface area (Å²) in [5, 5.41) is 0. The summed E-state index contributed by atoms with van der Waals surface area (Å²) in [5.41, 5.74) is 8.64. The quantitative estimate of drug-likeness (QED) is 0.890. The highest BCUT2D eigenvalue weighted by atomic mass is 16.5. The number of benzene rings is 1. The molecule has 0 amide bonds. The molecule has 1 heterocycles. The van der Waals surface area contributed by atoms with Crippen molar-refractivity contribution in [3.63, 3.8) is 0 Å². The van der Waals surface area contributed by atoms with Crippen LogP contribution in [0, 0.1) is 0 Å². The van der Waals surface area contributed by atoms with Crippen molar-refractivity contribution in [1.82, 2.24) is 0 Å². The summed E-state index contributed by atoms with van der Waals surface area (Å²) in [6, 6.07) is 7.05. The Hall–Kier alpha value is -1.22. The van der Waals surface area contributed by atoms with E-state index in [9.17, 15) is 0 Å². The van der Waals surface area contributed by atoms with E-state index in [1.54, 1.807) is 7.11 Å². The van der Waals surface area contributed by atoms with Gasteiger partial charge in [-0.25, -0.2) is 0 Å². The second kappa shape index (κ2) is 5.19. The van der Waals surface area contributed by atoms with Crippen LogP contribution in [0.2, 0.25) is 0 Å². The molecular formula is C15H24N2O. The second-order valence-electron chi connectivity index (χ2n) is 5.55. The summed E-state index contributed by atoms with van der Waals surface area (Å²) in [4.78, 5) is 2.45. The molecule has 0 saturated carbocycles. The van der Waals surface area contributed by atoms with E-state index in [4.69, 9.17) is 10.5 Å². The Morgan fingerprint density at radius 3 is 2.67 bits per heavy atom. The molecule has 18 heavy (non-hydrogen) atoms. The molecule has 2 N–H and O–H groups in total. The molecular weight excluding hydrogens is 224 g/mol. The first-order valence-electron chi connectivity index (χ1n) is 6.73. The van der Waals surface area contributed by atoms with Crippen molar-refractivity contribution < 1.29 is 4.74 Å². The summed E-state index contributed by atoms with van der Waals surface area (Å²) in [6.45, 7) is 7.59. The van der Waals surface area contributed by atoms with E-state index in [1.165, 1.54) is 11.3 Å². The van der Waals surface area contributed by atoms with E-state index in [-0.39, 0.29) is 6.04 Å². The van der Waals surface area contributed by atoms with Crippen LogP contribution in [0.15, 0.2) is 18.2 Å². The topological polar surface area (TPSA) is 38.5 Å². The molecule has 0 aromatic heterocycles. The highest BCUT2D eigenvalue weighted by Crippen LogP contribution is 2.44. The van der Waals surface area contributed by atoms with Crippen LogP contribution in [0.25, 0.3) is 0 Å². The highest BCUT2D eigenvalue weighted by Gasteiger charge is 2.32. The maximum absolute atomic E-state index is 5.98. The molecule has 0 aliphatic carbocycles. The van der Waals surface area contributed by atoms with Crippen LogP contribution < -0.4 is 15.4 Å². The third-order valence-electron chi connectivity index (χ3n) is 3.68. The predicted octanol–water partition coefficient (Wildman–Crippen LogP) is 2.74. The number of methoxy groups -OCH3 is 1. The van der Waals surface area contributed by atoms with Gasteiger partial charge in [0.05, 0.1) is 7.11 Å². The lowest BCUT2D eigenvalue weighted by molar-refractivity contribution is 0.405. The SMILES string of the molecule is COc1cccc2c1C(CC(C)N)CN2C(C)C. The Morgan fingerprint density at radius 1 is 1.39 bits per heavy atom. The lowest BCUT2D eigenvalue weighted by Gasteiger charge is -2.24. The van der Waals surface area contributed by atoms with Crippen LogP contribution in [0.1, 0.15) is 38.7 Å². The third kappa shape index (κ3) is 2.32. The van der Waals surface area contributed by atoms with Crippen molar-refractivity contribution in [3.8, 4) is 5.75 Å². The van der Waals surface area contributed by atoms with Gasteiger partial charge in [0.1, 0.15) is 5.75 Å². The molecule has 0 fully saturated rings. The van der Waals surface area contributed by atoms with Crippen LogP contribution in [0.3, 0.4) is 0 Å². The van der Waals surface area contributed by atoms with Crippen LogP contribution in [-0.4, -0.2) is 25.7 Å². The van der Waals surface area contributed by atoms with E-state index in [2.05, 4.69) is 43.9 Å². The first-order valence-corrected chi connectivity index (χ1v) is 6.73. The molecule has 0 spiro atoms. The number of nitrogens with zero attached hydrogens (tertiary/aromatic N) is 1. The molecule has 0 bridgehead atoms. The zero-order chi connectivity index (χ0) is 13.3. The van der Waals surface area contributed by atoms with Crippen molar-refractivity contribution in [2.24, 2.45) is 5.73 Å². The van der Waals surface area contributed by atoms with Crippen LogP contribution in [-0.2, 0) is 0 Å². The lowest BCUT2D eigenvalue weighted by Crippen LogP contribution is -2.30. The average Bonchev–Trinajstić information content (AvgIpc) is 2.67. The first kappa shape index (κ1) is 13.2. The summed E-state index contributed by atoms with van der Waals surface area (Å²) < 4.78 is 5.53. The fourth-order valence-corrected chi connectivity index (χ4v) is 2.93. The van der Waals surface area contributed by atoms with Crippen LogP contribution in [0.5, 0.6) is 5.75 Å². The van der Waals surface area contributed by atoms with Gasteiger partial charge in [-0.1, -0.05) is 6.07 Å². The van der Waals surface area contributed by atoms with Crippen LogP contribution in [0.4, 0.5) is 5.69 Å². The van der Waals surface area contributed by atoms with E-state index in [1.807, 2.05) is 0 Å². The van der Waals surface area contributed by atoms with Crippen molar-refractivity contribution in [3.05, 3.63) is 23.8 Å². The first-order chi connectivity index (χ1) is 8.54. The van der Waals surface area contributed by atoms with Crippen LogP contribution >= 0.6 is 0 Å². The van der Waals surface area contributed by atoms with E-state index >= 15 is 0 Å². The third-order valence-corrected chi connectivity index (χ3v) is 3.68. The van der Waals surface area contributed by atoms with Gasteiger partial charge in [-0.3, -0.25) is 0 Å². The second-order valence-corrected chi connectivity index (χ2v) is 5.55. The highest BCUT2D eigenvalue weighted by molar-refractivity contribution is 5.65. The molecule has 0 radical (unpaired) electrons. The normalized spacial score (nSPS) is 20.1. The van der Waals surface area contributed by atoms with E-state index in [0.717, 1.165) is 18.7 Å². The van der Waals surface area contributed by atoms with Crippen molar-refractivity contribution in [2.75, 3.05) is 18.6 Å². The van der Waals surface area contributed by atoms with Crippen molar-refractivity contribution >= 4 is 5.69 Å². The largest absolute Gasteiger partial charge is 0.496 e. The summed E-state index contributed by atoms with van der Waals surface area (Å²) in [7, 11) is 1.75. The standard InChI is InChI=1S/C15H24N2O/c1-10(2)17-9-12(8-11(3)16)15-13(17)6-5-7-14(15)18-4/h5-7,10-12H,8-9,16H2,1-4H3. The van der Waals surface area contributed by atoms with Gasteiger partial charge in [0.2, 0.25) is 0 Å². The van der Waals surface area contributed by atoms with Crippen molar-refractivity contribution in [2.45, 2.75) is 45.2 Å². The summed E-state index contributed by atoms with van der Waals surface area (Å²) in [5.74, 6) is 1.49. The molecule has 1 aromatic carbocycles. The predicted molar refractivity (Wildman–Crippen MR) is 76.5 cm³/mol. The Bertz CT molecular complexity index is 415. The monoisotopic (exact) mass is 248 g/mol. The number of rotatable bonds is 4. The molecule has 1 aliphatic rings. The minimum Gasteiger partial charge on any atom is -0.496 e. The van der Waals surface area contributed by atoms with Gasteiger partial charge < -0.3 is 15.4 Å². The molecule has 3 nitrogen and oxygen atoms in total. The molecule has 1 aliphatic heterocycles. The van der Waals surface area contributed by atoms with Crippen molar-refractivity contribution in [1.29, 1.82) is 0 Å². The van der Waals surface area contributed by atoms with Gasteiger partial charge in [-0.2, -0.15) is 0 Å². The molecule has 3 heteroatoms. The number of nitrogens with two attached hydrogens (primary N) is 1. The number of fused-ring (bicyclic) bond motifs is 1. The zero-order valence-corrected chi connectivity index (χ0v) is 11.8. The molecule has 2 unspecified atom stereocenters.